The summed E-state index contributed by atoms with van der Waals surface area (Å²) >= 11 is 1.47. The van der Waals surface area contributed by atoms with Gasteiger partial charge in [0, 0.05) is 17.5 Å². The highest BCUT2D eigenvalue weighted by Gasteiger charge is 2.20. The number of hydrogen-bond acceptors (Lipinski definition) is 3. The summed E-state index contributed by atoms with van der Waals surface area (Å²) in [6.45, 7) is 4.16. The van der Waals surface area contributed by atoms with Crippen LogP contribution in [0.4, 0.5) is 0 Å². The minimum absolute atomic E-state index is 0.0183. The first-order valence-corrected chi connectivity index (χ1v) is 7.22. The fraction of sp³-hybridized carbons (Fsp3) is 0.429. The molecule has 1 aromatic carbocycles. The Kier molecular flexibility index (Phi) is 6.42. The zero-order valence-corrected chi connectivity index (χ0v) is 12.0. The first kappa shape index (κ1) is 15.6. The number of carbonyl (C=O) groups excluding carboxylic acids is 1. The van der Waals surface area contributed by atoms with Crippen LogP contribution in [0.2, 0.25) is 0 Å². The Hall–Kier alpha value is -1.49. The van der Waals surface area contributed by atoms with Crippen LogP contribution in [0, 0.1) is 0 Å². The zero-order valence-electron chi connectivity index (χ0n) is 11.2. The fourth-order valence-corrected chi connectivity index (χ4v) is 2.65. The third-order valence-electron chi connectivity index (χ3n) is 2.77. The van der Waals surface area contributed by atoms with Crippen molar-refractivity contribution in [2.75, 3.05) is 12.3 Å². The number of hydrogen-bond donors (Lipinski definition) is 1. The van der Waals surface area contributed by atoms with Crippen LogP contribution in [0.5, 0.6) is 0 Å². The highest BCUT2D eigenvalue weighted by Crippen LogP contribution is 2.18. The molecule has 104 valence electrons. The van der Waals surface area contributed by atoms with Crippen molar-refractivity contribution in [3.05, 3.63) is 30.3 Å². The number of carboxylic acids is 1. The molecule has 0 bridgehead atoms. The summed E-state index contributed by atoms with van der Waals surface area (Å²) < 4.78 is 0. The van der Waals surface area contributed by atoms with Crippen LogP contribution in [0.25, 0.3) is 0 Å². The number of rotatable bonds is 7. The number of nitrogens with zero attached hydrogens (tertiary/aromatic N) is 1. The molecule has 19 heavy (non-hydrogen) atoms. The summed E-state index contributed by atoms with van der Waals surface area (Å²) in [5.74, 6) is -0.568. The molecule has 0 aliphatic carbocycles. The number of amides is 1. The smallest absolute Gasteiger partial charge is 0.305 e. The molecule has 5 heteroatoms. The molecule has 0 saturated heterocycles. The van der Waals surface area contributed by atoms with E-state index in [1.165, 1.54) is 11.8 Å². The number of thioether (sulfide) groups is 1. The van der Waals surface area contributed by atoms with Gasteiger partial charge in [-0.05, 0) is 26.0 Å². The molecule has 0 spiro atoms. The van der Waals surface area contributed by atoms with Crippen LogP contribution < -0.4 is 0 Å². The number of aliphatic carboxylic acids is 1. The van der Waals surface area contributed by atoms with Gasteiger partial charge in [-0.1, -0.05) is 18.2 Å². The molecule has 1 atom stereocenters. The molecule has 0 saturated carbocycles. The monoisotopic (exact) mass is 281 g/mol. The van der Waals surface area contributed by atoms with Crippen LogP contribution in [-0.4, -0.2) is 40.2 Å². The molecule has 0 fully saturated rings. The normalized spacial score (nSPS) is 11.9. The van der Waals surface area contributed by atoms with Crippen molar-refractivity contribution in [2.45, 2.75) is 31.2 Å². The highest BCUT2D eigenvalue weighted by molar-refractivity contribution is 8.00. The van der Waals surface area contributed by atoms with Crippen molar-refractivity contribution < 1.29 is 14.7 Å². The second-order valence-electron chi connectivity index (χ2n) is 4.23. The van der Waals surface area contributed by atoms with Gasteiger partial charge < -0.3 is 10.0 Å². The van der Waals surface area contributed by atoms with Crippen molar-refractivity contribution in [3.63, 3.8) is 0 Å². The van der Waals surface area contributed by atoms with Crippen LogP contribution in [0.1, 0.15) is 20.3 Å². The van der Waals surface area contributed by atoms with E-state index in [0.717, 1.165) is 4.90 Å². The lowest BCUT2D eigenvalue weighted by Crippen LogP contribution is -2.40. The van der Waals surface area contributed by atoms with Crippen molar-refractivity contribution in [2.24, 2.45) is 0 Å². The molecule has 0 radical (unpaired) electrons. The van der Waals surface area contributed by atoms with Gasteiger partial charge in [-0.15, -0.1) is 11.8 Å². The SMILES string of the molecule is CCN(C(=O)CSc1ccccc1)C(C)CC(=O)O. The Morgan fingerprint density at radius 3 is 2.47 bits per heavy atom. The second kappa shape index (κ2) is 7.84. The Bertz CT molecular complexity index is 422. The van der Waals surface area contributed by atoms with Crippen LogP contribution >= 0.6 is 11.8 Å². The van der Waals surface area contributed by atoms with Gasteiger partial charge in [0.15, 0.2) is 0 Å². The second-order valence-corrected chi connectivity index (χ2v) is 5.28. The van der Waals surface area contributed by atoms with Crippen LogP contribution in [0.3, 0.4) is 0 Å². The van der Waals surface area contributed by atoms with E-state index in [2.05, 4.69) is 0 Å². The summed E-state index contributed by atoms with van der Waals surface area (Å²) in [4.78, 5) is 25.4. The zero-order chi connectivity index (χ0) is 14.3. The minimum Gasteiger partial charge on any atom is -0.481 e. The molecule has 1 rings (SSSR count). The van der Waals surface area contributed by atoms with Gasteiger partial charge in [-0.2, -0.15) is 0 Å². The summed E-state index contributed by atoms with van der Waals surface area (Å²) in [6.07, 6.45) is -0.0183. The van der Waals surface area contributed by atoms with E-state index in [1.807, 2.05) is 37.3 Å². The summed E-state index contributed by atoms with van der Waals surface area (Å²) in [5, 5.41) is 8.77. The molecule has 1 unspecified atom stereocenters. The lowest BCUT2D eigenvalue weighted by molar-refractivity contribution is -0.139. The molecule has 1 aromatic rings. The van der Waals surface area contributed by atoms with Gasteiger partial charge in [-0.3, -0.25) is 9.59 Å². The van der Waals surface area contributed by atoms with E-state index < -0.39 is 5.97 Å². The van der Waals surface area contributed by atoms with Crippen LogP contribution in [-0.2, 0) is 9.59 Å². The first-order valence-electron chi connectivity index (χ1n) is 6.23. The number of carbonyl (C=O) groups is 2. The Labute approximate surface area is 117 Å². The van der Waals surface area contributed by atoms with E-state index in [1.54, 1.807) is 11.8 Å². The van der Waals surface area contributed by atoms with Gasteiger partial charge in [0.25, 0.3) is 0 Å². The summed E-state index contributed by atoms with van der Waals surface area (Å²) in [5.41, 5.74) is 0. The molecular weight excluding hydrogens is 262 g/mol. The highest BCUT2D eigenvalue weighted by atomic mass is 32.2. The summed E-state index contributed by atoms with van der Waals surface area (Å²) in [7, 11) is 0. The van der Waals surface area contributed by atoms with Crippen molar-refractivity contribution >= 4 is 23.6 Å². The maximum Gasteiger partial charge on any atom is 0.305 e. The molecule has 1 N–H and O–H groups in total. The van der Waals surface area contributed by atoms with E-state index in [9.17, 15) is 9.59 Å². The third kappa shape index (κ3) is 5.34. The van der Waals surface area contributed by atoms with E-state index in [4.69, 9.17) is 5.11 Å². The Morgan fingerprint density at radius 1 is 1.32 bits per heavy atom. The van der Waals surface area contributed by atoms with Gasteiger partial charge in [0.05, 0.1) is 12.2 Å². The molecule has 0 heterocycles. The lowest BCUT2D eigenvalue weighted by Gasteiger charge is -2.26. The molecule has 0 aliphatic heterocycles. The largest absolute Gasteiger partial charge is 0.481 e. The molecule has 0 aromatic heterocycles. The molecule has 1 amide bonds. The lowest BCUT2D eigenvalue weighted by atomic mass is 10.2. The predicted octanol–water partition coefficient (Wildman–Crippen LogP) is 2.49. The standard InChI is InChI=1S/C14H19NO3S/c1-3-15(11(2)9-14(17)18)13(16)10-19-12-7-5-4-6-8-12/h4-8,11H,3,9-10H2,1-2H3,(H,17,18). The van der Waals surface area contributed by atoms with E-state index in [0.29, 0.717) is 12.3 Å². The van der Waals surface area contributed by atoms with E-state index >= 15 is 0 Å². The number of benzene rings is 1. The third-order valence-corrected chi connectivity index (χ3v) is 3.77. The van der Waals surface area contributed by atoms with Crippen LogP contribution in [0.15, 0.2) is 35.2 Å². The average molecular weight is 281 g/mol. The summed E-state index contributed by atoms with van der Waals surface area (Å²) in [6, 6.07) is 9.42. The molecule has 0 aliphatic rings. The van der Waals surface area contributed by atoms with E-state index in [-0.39, 0.29) is 18.4 Å². The van der Waals surface area contributed by atoms with Gasteiger partial charge >= 0.3 is 5.97 Å². The van der Waals surface area contributed by atoms with Gasteiger partial charge in [0.2, 0.25) is 5.91 Å². The van der Waals surface area contributed by atoms with Crippen molar-refractivity contribution in [1.82, 2.24) is 4.90 Å². The first-order chi connectivity index (χ1) is 9.04. The quantitative estimate of drug-likeness (QED) is 0.780. The average Bonchev–Trinajstić information content (AvgIpc) is 2.37. The number of carboxylic acid groups (broad SMARTS) is 1. The topological polar surface area (TPSA) is 57.6 Å². The van der Waals surface area contributed by atoms with Crippen molar-refractivity contribution in [3.8, 4) is 0 Å². The predicted molar refractivity (Wildman–Crippen MR) is 76.3 cm³/mol. The van der Waals surface area contributed by atoms with Gasteiger partial charge in [-0.25, -0.2) is 0 Å². The Balaban J connectivity index is 2.52. The molecular formula is C14H19NO3S. The maximum absolute atomic E-state index is 12.1. The molecule has 4 nitrogen and oxygen atoms in total. The minimum atomic E-state index is -0.880. The maximum atomic E-state index is 12.1. The van der Waals surface area contributed by atoms with Gasteiger partial charge in [0.1, 0.15) is 0 Å². The Morgan fingerprint density at radius 2 is 1.95 bits per heavy atom. The van der Waals surface area contributed by atoms with Crippen molar-refractivity contribution in [1.29, 1.82) is 0 Å². The fourth-order valence-electron chi connectivity index (χ4n) is 1.84.